The SMILES string of the molecule is CC(C)(C)OC(=O)N1CCN(c2cc(F)cc(-c3ccnc4c3CC(=O)N4)c2)CC1. The third-order valence-corrected chi connectivity index (χ3v) is 5.14. The average Bonchev–Trinajstić information content (AvgIpc) is 3.06. The van der Waals surface area contributed by atoms with Crippen LogP contribution in [0.2, 0.25) is 0 Å². The summed E-state index contributed by atoms with van der Waals surface area (Å²) in [6.45, 7) is 7.69. The van der Waals surface area contributed by atoms with E-state index in [1.807, 2.05) is 26.8 Å². The molecule has 4 rings (SSSR count). The molecule has 1 aromatic carbocycles. The standard InChI is InChI=1S/C22H25FN4O3/c1-22(2,3)30-21(29)27-8-6-26(7-9-27)16-11-14(10-15(23)12-16)17-4-5-24-20-18(17)13-19(28)25-20/h4-5,10-12H,6-9,13H2,1-3H3,(H,24,25,28). The quantitative estimate of drug-likeness (QED) is 0.818. The smallest absolute Gasteiger partial charge is 0.410 e. The summed E-state index contributed by atoms with van der Waals surface area (Å²) in [5.74, 6) is 0.0778. The number of rotatable bonds is 2. The Morgan fingerprint density at radius 2 is 1.90 bits per heavy atom. The van der Waals surface area contributed by atoms with E-state index in [-0.39, 0.29) is 24.2 Å². The van der Waals surface area contributed by atoms with Crippen LogP contribution in [0.15, 0.2) is 30.5 Å². The zero-order chi connectivity index (χ0) is 21.5. The van der Waals surface area contributed by atoms with E-state index in [0.717, 1.165) is 16.8 Å². The Morgan fingerprint density at radius 3 is 2.60 bits per heavy atom. The third kappa shape index (κ3) is 4.22. The van der Waals surface area contributed by atoms with Crippen LogP contribution in [0, 0.1) is 5.82 Å². The van der Waals surface area contributed by atoms with Crippen molar-refractivity contribution >= 4 is 23.5 Å². The van der Waals surface area contributed by atoms with Gasteiger partial charge < -0.3 is 19.9 Å². The van der Waals surface area contributed by atoms with E-state index in [2.05, 4.69) is 15.2 Å². The minimum atomic E-state index is -0.535. The van der Waals surface area contributed by atoms with Crippen LogP contribution >= 0.6 is 0 Å². The molecule has 0 atom stereocenters. The summed E-state index contributed by atoms with van der Waals surface area (Å²) in [7, 11) is 0. The molecule has 1 saturated heterocycles. The number of carbonyl (C=O) groups is 2. The van der Waals surface area contributed by atoms with Gasteiger partial charge >= 0.3 is 6.09 Å². The second-order valence-corrected chi connectivity index (χ2v) is 8.56. The van der Waals surface area contributed by atoms with Crippen LogP contribution < -0.4 is 10.2 Å². The van der Waals surface area contributed by atoms with Crippen LogP contribution in [0.1, 0.15) is 26.3 Å². The second-order valence-electron chi connectivity index (χ2n) is 8.56. The highest BCUT2D eigenvalue weighted by Crippen LogP contribution is 2.34. The Balaban J connectivity index is 1.53. The number of benzene rings is 1. The molecule has 0 aliphatic carbocycles. The molecule has 0 radical (unpaired) electrons. The summed E-state index contributed by atoms with van der Waals surface area (Å²) >= 11 is 0. The molecule has 2 aliphatic heterocycles. The first-order valence-corrected chi connectivity index (χ1v) is 10.0. The molecule has 0 unspecified atom stereocenters. The predicted octanol–water partition coefficient (Wildman–Crippen LogP) is 3.44. The van der Waals surface area contributed by atoms with Gasteiger partial charge in [0.2, 0.25) is 5.91 Å². The van der Waals surface area contributed by atoms with E-state index < -0.39 is 5.60 Å². The number of nitrogens with one attached hydrogen (secondary N) is 1. The molecule has 8 heteroatoms. The van der Waals surface area contributed by atoms with Gasteiger partial charge in [-0.15, -0.1) is 0 Å². The summed E-state index contributed by atoms with van der Waals surface area (Å²) in [6, 6.07) is 6.69. The number of hydrogen-bond donors (Lipinski definition) is 1. The van der Waals surface area contributed by atoms with Gasteiger partial charge in [0.25, 0.3) is 0 Å². The number of pyridine rings is 1. The highest BCUT2D eigenvalue weighted by atomic mass is 19.1. The lowest BCUT2D eigenvalue weighted by atomic mass is 9.99. The maximum absolute atomic E-state index is 14.5. The molecular formula is C22H25FN4O3. The molecule has 2 aromatic rings. The number of amides is 2. The van der Waals surface area contributed by atoms with Gasteiger partial charge in [0.15, 0.2) is 0 Å². The molecule has 30 heavy (non-hydrogen) atoms. The van der Waals surface area contributed by atoms with E-state index in [9.17, 15) is 14.0 Å². The molecule has 3 heterocycles. The van der Waals surface area contributed by atoms with E-state index in [1.54, 1.807) is 17.2 Å². The Kier molecular flexibility index (Phi) is 5.09. The second kappa shape index (κ2) is 7.59. The fraction of sp³-hybridized carbons (Fsp3) is 0.409. The summed E-state index contributed by atoms with van der Waals surface area (Å²) in [4.78, 5) is 32.0. The summed E-state index contributed by atoms with van der Waals surface area (Å²) in [5.41, 5.74) is 2.50. The number of aromatic nitrogens is 1. The zero-order valence-corrected chi connectivity index (χ0v) is 17.4. The summed E-state index contributed by atoms with van der Waals surface area (Å²) in [6.07, 6.45) is 1.52. The van der Waals surface area contributed by atoms with E-state index in [1.165, 1.54) is 12.1 Å². The number of fused-ring (bicyclic) bond motifs is 1. The maximum atomic E-state index is 14.5. The lowest BCUT2D eigenvalue weighted by Crippen LogP contribution is -2.50. The van der Waals surface area contributed by atoms with E-state index >= 15 is 0 Å². The maximum Gasteiger partial charge on any atom is 0.410 e. The highest BCUT2D eigenvalue weighted by Gasteiger charge is 2.27. The minimum Gasteiger partial charge on any atom is -0.444 e. The van der Waals surface area contributed by atoms with Crippen molar-refractivity contribution in [1.82, 2.24) is 9.88 Å². The van der Waals surface area contributed by atoms with Gasteiger partial charge in [-0.1, -0.05) is 0 Å². The van der Waals surface area contributed by atoms with Crippen LogP contribution in [-0.4, -0.2) is 53.7 Å². The predicted molar refractivity (Wildman–Crippen MR) is 112 cm³/mol. The van der Waals surface area contributed by atoms with Crippen LogP contribution in [0.25, 0.3) is 11.1 Å². The van der Waals surface area contributed by atoms with Crippen LogP contribution in [0.3, 0.4) is 0 Å². The molecule has 158 valence electrons. The largest absolute Gasteiger partial charge is 0.444 e. The molecule has 1 fully saturated rings. The van der Waals surface area contributed by atoms with Crippen molar-refractivity contribution in [2.24, 2.45) is 0 Å². The van der Waals surface area contributed by atoms with Crippen molar-refractivity contribution in [1.29, 1.82) is 0 Å². The van der Waals surface area contributed by atoms with Gasteiger partial charge in [0, 0.05) is 43.6 Å². The molecule has 0 bridgehead atoms. The molecular weight excluding hydrogens is 387 g/mol. The lowest BCUT2D eigenvalue weighted by molar-refractivity contribution is -0.115. The Hall–Kier alpha value is -3.16. The first-order chi connectivity index (χ1) is 14.2. The number of anilines is 2. The highest BCUT2D eigenvalue weighted by molar-refractivity contribution is 6.00. The zero-order valence-electron chi connectivity index (χ0n) is 17.4. The Morgan fingerprint density at radius 1 is 1.17 bits per heavy atom. The van der Waals surface area contributed by atoms with Gasteiger partial charge in [0.05, 0.1) is 6.42 Å². The Labute approximate surface area is 174 Å². The molecule has 1 N–H and O–H groups in total. The number of carbonyl (C=O) groups excluding carboxylic acids is 2. The summed E-state index contributed by atoms with van der Waals surface area (Å²) < 4.78 is 19.9. The van der Waals surface area contributed by atoms with Gasteiger partial charge in [0.1, 0.15) is 17.2 Å². The fourth-order valence-corrected chi connectivity index (χ4v) is 3.77. The number of hydrogen-bond acceptors (Lipinski definition) is 5. The number of piperazine rings is 1. The van der Waals surface area contributed by atoms with Gasteiger partial charge in [-0.05, 0) is 56.2 Å². The number of halogens is 1. The first-order valence-electron chi connectivity index (χ1n) is 10.0. The van der Waals surface area contributed by atoms with Crippen molar-refractivity contribution in [3.8, 4) is 11.1 Å². The molecule has 7 nitrogen and oxygen atoms in total. The minimum absolute atomic E-state index is 0.111. The third-order valence-electron chi connectivity index (χ3n) is 5.14. The number of nitrogens with zero attached hydrogens (tertiary/aromatic N) is 3. The fourth-order valence-electron chi connectivity index (χ4n) is 3.77. The van der Waals surface area contributed by atoms with Crippen LogP contribution in [0.4, 0.5) is 20.7 Å². The Bertz CT molecular complexity index is 994. The van der Waals surface area contributed by atoms with Gasteiger partial charge in [-0.3, -0.25) is 4.79 Å². The van der Waals surface area contributed by atoms with Gasteiger partial charge in [-0.25, -0.2) is 14.2 Å². The normalized spacial score (nSPS) is 16.3. The lowest BCUT2D eigenvalue weighted by Gasteiger charge is -2.37. The van der Waals surface area contributed by atoms with E-state index in [4.69, 9.17) is 4.74 Å². The average molecular weight is 412 g/mol. The van der Waals surface area contributed by atoms with E-state index in [0.29, 0.717) is 37.6 Å². The van der Waals surface area contributed by atoms with Crippen molar-refractivity contribution in [2.75, 3.05) is 36.4 Å². The molecule has 2 aliphatic rings. The molecule has 2 amide bonds. The van der Waals surface area contributed by atoms with Crippen LogP contribution in [-0.2, 0) is 16.0 Å². The molecule has 0 spiro atoms. The molecule has 0 saturated carbocycles. The van der Waals surface area contributed by atoms with Crippen molar-refractivity contribution in [2.45, 2.75) is 32.8 Å². The monoisotopic (exact) mass is 412 g/mol. The summed E-state index contributed by atoms with van der Waals surface area (Å²) in [5, 5.41) is 2.73. The number of ether oxygens (including phenoxy) is 1. The van der Waals surface area contributed by atoms with Crippen molar-refractivity contribution in [3.05, 3.63) is 41.8 Å². The van der Waals surface area contributed by atoms with Crippen molar-refractivity contribution < 1.29 is 18.7 Å². The van der Waals surface area contributed by atoms with Crippen LogP contribution in [0.5, 0.6) is 0 Å². The van der Waals surface area contributed by atoms with Crippen molar-refractivity contribution in [3.63, 3.8) is 0 Å². The molecule has 1 aromatic heterocycles. The topological polar surface area (TPSA) is 74.8 Å². The first kappa shape index (κ1) is 20.1. The van der Waals surface area contributed by atoms with Gasteiger partial charge in [-0.2, -0.15) is 0 Å².